The van der Waals surface area contributed by atoms with Crippen molar-refractivity contribution in [3.63, 3.8) is 0 Å². The molecule has 1 amide bonds. The van der Waals surface area contributed by atoms with E-state index >= 15 is 0 Å². The molecule has 6 nitrogen and oxygen atoms in total. The van der Waals surface area contributed by atoms with E-state index in [2.05, 4.69) is 0 Å². The number of ether oxygens (including phenoxy) is 3. The second-order valence-electron chi connectivity index (χ2n) is 4.57. The molecule has 0 aliphatic carbocycles. The molecule has 0 aromatic heterocycles. The van der Waals surface area contributed by atoms with Gasteiger partial charge in [-0.3, -0.25) is 4.79 Å². The van der Waals surface area contributed by atoms with Crippen molar-refractivity contribution >= 4 is 35.1 Å². The molecule has 23 heavy (non-hydrogen) atoms. The summed E-state index contributed by atoms with van der Waals surface area (Å²) < 4.78 is 14.9. The normalized spacial score (nSPS) is 10.4. The Bertz CT molecular complexity index is 531. The van der Waals surface area contributed by atoms with Crippen LogP contribution in [-0.4, -0.2) is 63.9 Å². The van der Waals surface area contributed by atoms with Crippen LogP contribution in [0.25, 0.3) is 0 Å². The molecule has 128 valence electrons. The van der Waals surface area contributed by atoms with Crippen LogP contribution in [0.5, 0.6) is 0 Å². The third-order valence-corrected chi connectivity index (χ3v) is 3.70. The highest BCUT2D eigenvalue weighted by atomic mass is 35.5. The Morgan fingerprint density at radius 2 is 1.65 bits per heavy atom. The van der Waals surface area contributed by atoms with Crippen molar-refractivity contribution in [2.45, 2.75) is 0 Å². The number of amides is 1. The molecule has 0 aliphatic heterocycles. The molecular weight excluding hydrogens is 345 g/mol. The van der Waals surface area contributed by atoms with Crippen LogP contribution >= 0.6 is 23.2 Å². The lowest BCUT2D eigenvalue weighted by Gasteiger charge is -2.21. The number of hydrogen-bond acceptors (Lipinski definition) is 5. The van der Waals surface area contributed by atoms with E-state index in [0.29, 0.717) is 31.3 Å². The van der Waals surface area contributed by atoms with Gasteiger partial charge in [0.05, 0.1) is 28.8 Å². The van der Waals surface area contributed by atoms with Crippen molar-refractivity contribution in [2.24, 2.45) is 0 Å². The van der Waals surface area contributed by atoms with Crippen molar-refractivity contribution in [1.82, 2.24) is 4.90 Å². The molecule has 0 unspecified atom stereocenters. The summed E-state index contributed by atoms with van der Waals surface area (Å²) in [7, 11) is 3.09. The van der Waals surface area contributed by atoms with E-state index in [-0.39, 0.29) is 23.1 Å². The first-order valence-electron chi connectivity index (χ1n) is 6.87. The van der Waals surface area contributed by atoms with Crippen LogP contribution < -0.4 is 0 Å². The molecule has 1 aromatic rings. The van der Waals surface area contributed by atoms with Crippen LogP contribution in [0.15, 0.2) is 18.2 Å². The van der Waals surface area contributed by atoms with E-state index in [9.17, 15) is 9.59 Å². The summed E-state index contributed by atoms with van der Waals surface area (Å²) >= 11 is 11.6. The van der Waals surface area contributed by atoms with Crippen molar-refractivity contribution in [3.05, 3.63) is 33.8 Å². The topological polar surface area (TPSA) is 65.1 Å². The molecule has 0 saturated heterocycles. The van der Waals surface area contributed by atoms with E-state index in [1.165, 1.54) is 23.1 Å². The predicted octanol–water partition coefficient (Wildman–Crippen LogP) is 2.27. The van der Waals surface area contributed by atoms with Gasteiger partial charge >= 0.3 is 5.97 Å². The maximum atomic E-state index is 12.1. The molecule has 0 bridgehead atoms. The van der Waals surface area contributed by atoms with Gasteiger partial charge in [0.15, 0.2) is 6.61 Å². The lowest BCUT2D eigenvalue weighted by atomic mass is 10.2. The largest absolute Gasteiger partial charge is 0.452 e. The maximum absolute atomic E-state index is 12.1. The highest BCUT2D eigenvalue weighted by molar-refractivity contribution is 6.42. The minimum atomic E-state index is -0.643. The Kier molecular flexibility index (Phi) is 8.94. The number of nitrogens with zero attached hydrogens (tertiary/aromatic N) is 1. The highest BCUT2D eigenvalue weighted by Gasteiger charge is 2.16. The van der Waals surface area contributed by atoms with Crippen LogP contribution in [0.4, 0.5) is 0 Å². The Hall–Kier alpha value is -1.34. The van der Waals surface area contributed by atoms with Crippen molar-refractivity contribution < 1.29 is 23.8 Å². The van der Waals surface area contributed by atoms with Gasteiger partial charge in [0.1, 0.15) is 0 Å². The first-order chi connectivity index (χ1) is 11.0. The van der Waals surface area contributed by atoms with Gasteiger partial charge in [0.25, 0.3) is 5.91 Å². The number of methoxy groups -OCH3 is 2. The third-order valence-electron chi connectivity index (χ3n) is 2.97. The lowest BCUT2D eigenvalue weighted by Crippen LogP contribution is -2.39. The van der Waals surface area contributed by atoms with Gasteiger partial charge in [0, 0.05) is 27.3 Å². The summed E-state index contributed by atoms with van der Waals surface area (Å²) in [6.07, 6.45) is 0. The fourth-order valence-electron chi connectivity index (χ4n) is 1.69. The fraction of sp³-hybridized carbons (Fsp3) is 0.467. The number of rotatable bonds is 9. The SMILES string of the molecule is COCCN(CCOC)C(=O)COC(=O)c1ccc(Cl)c(Cl)c1. The molecule has 0 aliphatic rings. The third kappa shape index (κ3) is 6.74. The number of carbonyl (C=O) groups is 2. The smallest absolute Gasteiger partial charge is 0.338 e. The second-order valence-corrected chi connectivity index (χ2v) is 5.39. The first kappa shape index (κ1) is 19.7. The Morgan fingerprint density at radius 1 is 1.04 bits per heavy atom. The number of benzene rings is 1. The Labute approximate surface area is 145 Å². The number of esters is 1. The van der Waals surface area contributed by atoms with Crippen molar-refractivity contribution in [1.29, 1.82) is 0 Å². The summed E-state index contributed by atoms with van der Waals surface area (Å²) in [5.74, 6) is -0.970. The van der Waals surface area contributed by atoms with Crippen LogP contribution in [0, 0.1) is 0 Å². The maximum Gasteiger partial charge on any atom is 0.338 e. The van der Waals surface area contributed by atoms with Crippen LogP contribution in [0.1, 0.15) is 10.4 Å². The van der Waals surface area contributed by atoms with Gasteiger partial charge in [-0.05, 0) is 18.2 Å². The van der Waals surface area contributed by atoms with Gasteiger partial charge in [-0.2, -0.15) is 0 Å². The Morgan fingerprint density at radius 3 is 2.17 bits per heavy atom. The average Bonchev–Trinajstić information content (AvgIpc) is 2.55. The van der Waals surface area contributed by atoms with Crippen LogP contribution in [0.3, 0.4) is 0 Å². The molecular formula is C15H19Cl2NO5. The first-order valence-corrected chi connectivity index (χ1v) is 7.63. The zero-order valence-electron chi connectivity index (χ0n) is 13.0. The van der Waals surface area contributed by atoms with Gasteiger partial charge in [0.2, 0.25) is 0 Å². The summed E-state index contributed by atoms with van der Waals surface area (Å²) in [5, 5.41) is 0.582. The van der Waals surface area contributed by atoms with Gasteiger partial charge in [-0.15, -0.1) is 0 Å². The summed E-state index contributed by atoms with van der Waals surface area (Å²) in [5.41, 5.74) is 0.229. The molecule has 0 saturated carbocycles. The van der Waals surface area contributed by atoms with E-state index in [1.807, 2.05) is 0 Å². The average molecular weight is 364 g/mol. The van der Waals surface area contributed by atoms with E-state index in [1.54, 1.807) is 14.2 Å². The summed E-state index contributed by atoms with van der Waals surface area (Å²) in [4.78, 5) is 25.5. The van der Waals surface area contributed by atoms with E-state index in [4.69, 9.17) is 37.4 Å². The molecule has 1 rings (SSSR count). The summed E-state index contributed by atoms with van der Waals surface area (Å²) in [6, 6.07) is 4.37. The standard InChI is InChI=1S/C15H19Cl2NO5/c1-21-7-5-18(6-8-22-2)14(19)10-23-15(20)11-3-4-12(16)13(17)9-11/h3-4,9H,5-8,10H2,1-2H3. The molecule has 0 fully saturated rings. The number of halogens is 2. The fourth-order valence-corrected chi connectivity index (χ4v) is 1.99. The number of carbonyl (C=O) groups excluding carboxylic acids is 2. The van der Waals surface area contributed by atoms with Crippen molar-refractivity contribution in [3.8, 4) is 0 Å². The quantitative estimate of drug-likeness (QED) is 0.629. The highest BCUT2D eigenvalue weighted by Crippen LogP contribution is 2.22. The minimum absolute atomic E-state index is 0.229. The monoisotopic (exact) mass is 363 g/mol. The van der Waals surface area contributed by atoms with Gasteiger partial charge < -0.3 is 19.1 Å². The van der Waals surface area contributed by atoms with Gasteiger partial charge in [-0.1, -0.05) is 23.2 Å². The van der Waals surface area contributed by atoms with E-state index < -0.39 is 5.97 Å². The molecule has 0 heterocycles. The Balaban J connectivity index is 2.57. The van der Waals surface area contributed by atoms with Crippen LogP contribution in [0.2, 0.25) is 10.0 Å². The lowest BCUT2D eigenvalue weighted by molar-refractivity contribution is -0.135. The molecule has 0 radical (unpaired) electrons. The zero-order chi connectivity index (χ0) is 17.2. The molecule has 0 atom stereocenters. The van der Waals surface area contributed by atoms with Gasteiger partial charge in [-0.25, -0.2) is 4.79 Å². The molecule has 0 spiro atoms. The van der Waals surface area contributed by atoms with Crippen LogP contribution in [-0.2, 0) is 19.0 Å². The number of hydrogen-bond donors (Lipinski definition) is 0. The zero-order valence-corrected chi connectivity index (χ0v) is 14.5. The molecule has 8 heteroatoms. The van der Waals surface area contributed by atoms with E-state index in [0.717, 1.165) is 0 Å². The minimum Gasteiger partial charge on any atom is -0.452 e. The second kappa shape index (κ2) is 10.4. The molecule has 1 aromatic carbocycles. The summed E-state index contributed by atoms with van der Waals surface area (Å²) in [6.45, 7) is 1.19. The van der Waals surface area contributed by atoms with Crippen molar-refractivity contribution in [2.75, 3.05) is 47.1 Å². The molecule has 0 N–H and O–H groups in total. The predicted molar refractivity (Wildman–Crippen MR) is 87.1 cm³/mol.